The first kappa shape index (κ1) is 17.2. The number of nitrogens with zero attached hydrogens (tertiary/aromatic N) is 2. The number of rotatable bonds is 4. The van der Waals surface area contributed by atoms with Gasteiger partial charge in [0.15, 0.2) is 12.4 Å². The summed E-state index contributed by atoms with van der Waals surface area (Å²) < 4.78 is 1.86. The van der Waals surface area contributed by atoms with E-state index in [1.807, 2.05) is 53.4 Å². The van der Waals surface area contributed by atoms with Crippen LogP contribution < -0.4 is 32.5 Å². The van der Waals surface area contributed by atoms with Crippen LogP contribution in [0, 0.1) is 0 Å². The third-order valence-electron chi connectivity index (χ3n) is 3.74. The number of hydrogen-bond donors (Lipinski definition) is 2. The molecule has 0 atom stereocenters. The number of aromatic nitrogens is 1. The van der Waals surface area contributed by atoms with Gasteiger partial charge in [-0.1, -0.05) is 18.2 Å². The van der Waals surface area contributed by atoms with Crippen LogP contribution >= 0.6 is 0 Å². The number of carbonyl (C=O) groups excluding carboxylic acids is 1. The Balaban J connectivity index is 0.00000192. The van der Waals surface area contributed by atoms with Crippen molar-refractivity contribution < 1.29 is 21.8 Å². The SMILES string of the molecule is O=C(C[n+]1ccccc1)Nc1ccccc1N1CCNCC1.[Cl-]. The molecule has 0 saturated carbocycles. The lowest BCUT2D eigenvalue weighted by atomic mass is 10.2. The Morgan fingerprint density at radius 2 is 1.78 bits per heavy atom. The number of para-hydroxylation sites is 2. The monoisotopic (exact) mass is 332 g/mol. The molecule has 2 heterocycles. The number of halogens is 1. The van der Waals surface area contributed by atoms with Crippen molar-refractivity contribution in [2.45, 2.75) is 6.54 Å². The van der Waals surface area contributed by atoms with Gasteiger partial charge >= 0.3 is 0 Å². The summed E-state index contributed by atoms with van der Waals surface area (Å²) in [5.74, 6) is -0.0150. The van der Waals surface area contributed by atoms with Crippen LogP contribution in [0.4, 0.5) is 11.4 Å². The predicted octanol–water partition coefficient (Wildman–Crippen LogP) is -1.97. The summed E-state index contributed by atoms with van der Waals surface area (Å²) in [6.07, 6.45) is 3.78. The normalized spacial score (nSPS) is 14.0. The van der Waals surface area contributed by atoms with Gasteiger partial charge in [0, 0.05) is 38.3 Å². The van der Waals surface area contributed by atoms with Gasteiger partial charge in [-0.3, -0.25) is 4.79 Å². The number of carbonyl (C=O) groups is 1. The highest BCUT2D eigenvalue weighted by molar-refractivity contribution is 5.93. The van der Waals surface area contributed by atoms with E-state index >= 15 is 0 Å². The van der Waals surface area contributed by atoms with E-state index in [2.05, 4.69) is 21.6 Å². The third kappa shape index (κ3) is 4.68. The first-order chi connectivity index (χ1) is 10.8. The molecule has 3 rings (SSSR count). The van der Waals surface area contributed by atoms with E-state index in [0.717, 1.165) is 37.6 Å². The zero-order valence-corrected chi connectivity index (χ0v) is 13.7. The minimum atomic E-state index is -0.0150. The van der Waals surface area contributed by atoms with E-state index in [9.17, 15) is 4.79 Å². The number of piperazine rings is 1. The molecule has 6 heteroatoms. The lowest BCUT2D eigenvalue weighted by molar-refractivity contribution is -0.684. The summed E-state index contributed by atoms with van der Waals surface area (Å²) in [7, 11) is 0. The van der Waals surface area contributed by atoms with Crippen LogP contribution in [0.2, 0.25) is 0 Å². The maximum absolute atomic E-state index is 12.3. The Bertz CT molecular complexity index is 630. The highest BCUT2D eigenvalue weighted by Crippen LogP contribution is 2.25. The molecule has 1 saturated heterocycles. The molecule has 1 fully saturated rings. The zero-order chi connectivity index (χ0) is 15.2. The fraction of sp³-hybridized carbons (Fsp3) is 0.294. The van der Waals surface area contributed by atoms with Crippen molar-refractivity contribution in [3.8, 4) is 0 Å². The second-order valence-corrected chi connectivity index (χ2v) is 5.35. The number of anilines is 2. The van der Waals surface area contributed by atoms with Crippen LogP contribution in [-0.4, -0.2) is 32.1 Å². The van der Waals surface area contributed by atoms with Crippen molar-refractivity contribution >= 4 is 17.3 Å². The fourth-order valence-corrected chi connectivity index (χ4v) is 2.66. The topological polar surface area (TPSA) is 48.2 Å². The van der Waals surface area contributed by atoms with Crippen molar-refractivity contribution in [3.05, 3.63) is 54.9 Å². The highest BCUT2D eigenvalue weighted by atomic mass is 35.5. The van der Waals surface area contributed by atoms with Crippen molar-refractivity contribution in [1.29, 1.82) is 0 Å². The molecule has 0 unspecified atom stereocenters. The van der Waals surface area contributed by atoms with Crippen molar-refractivity contribution in [2.75, 3.05) is 36.4 Å². The fourth-order valence-electron chi connectivity index (χ4n) is 2.66. The summed E-state index contributed by atoms with van der Waals surface area (Å²) in [4.78, 5) is 14.6. The van der Waals surface area contributed by atoms with Gasteiger partial charge in [0.25, 0.3) is 5.91 Å². The molecule has 5 nitrogen and oxygen atoms in total. The minimum absolute atomic E-state index is 0. The second kappa shape index (κ2) is 8.50. The average molecular weight is 333 g/mol. The average Bonchev–Trinajstić information content (AvgIpc) is 2.57. The molecule has 0 radical (unpaired) electrons. The van der Waals surface area contributed by atoms with Gasteiger partial charge < -0.3 is 27.9 Å². The first-order valence-corrected chi connectivity index (χ1v) is 7.61. The Labute approximate surface area is 142 Å². The molecule has 0 aliphatic carbocycles. The lowest BCUT2D eigenvalue weighted by Crippen LogP contribution is -3.00. The largest absolute Gasteiger partial charge is 1.00 e. The molecule has 1 aromatic carbocycles. The third-order valence-corrected chi connectivity index (χ3v) is 3.74. The van der Waals surface area contributed by atoms with E-state index in [-0.39, 0.29) is 18.3 Å². The summed E-state index contributed by atoms with van der Waals surface area (Å²) in [6, 6.07) is 13.8. The molecule has 1 aliphatic heterocycles. The van der Waals surface area contributed by atoms with E-state index in [1.54, 1.807) is 0 Å². The summed E-state index contributed by atoms with van der Waals surface area (Å²) in [6.45, 7) is 4.18. The molecule has 2 aromatic rings. The van der Waals surface area contributed by atoms with Crippen LogP contribution in [-0.2, 0) is 11.3 Å². The number of nitrogens with one attached hydrogen (secondary N) is 2. The van der Waals surface area contributed by atoms with Crippen LogP contribution in [0.25, 0.3) is 0 Å². The van der Waals surface area contributed by atoms with Crippen molar-refractivity contribution in [3.63, 3.8) is 0 Å². The van der Waals surface area contributed by atoms with Gasteiger partial charge in [-0.15, -0.1) is 0 Å². The standard InChI is InChI=1S/C17H20N4O.ClH/c22-17(14-20-10-4-1-5-11-20)19-15-6-2-3-7-16(15)21-12-8-18-9-13-21;/h1-7,10-11,18H,8-9,12-14H2;1H. The Morgan fingerprint density at radius 1 is 1.09 bits per heavy atom. The Morgan fingerprint density at radius 3 is 2.52 bits per heavy atom. The molecule has 23 heavy (non-hydrogen) atoms. The van der Waals surface area contributed by atoms with Crippen LogP contribution in [0.5, 0.6) is 0 Å². The van der Waals surface area contributed by atoms with Gasteiger partial charge in [-0.05, 0) is 12.1 Å². The molecular weight excluding hydrogens is 312 g/mol. The van der Waals surface area contributed by atoms with E-state index < -0.39 is 0 Å². The van der Waals surface area contributed by atoms with E-state index in [4.69, 9.17) is 0 Å². The second-order valence-electron chi connectivity index (χ2n) is 5.35. The highest BCUT2D eigenvalue weighted by Gasteiger charge is 2.16. The predicted molar refractivity (Wildman–Crippen MR) is 86.8 cm³/mol. The number of amides is 1. The van der Waals surface area contributed by atoms with Crippen molar-refractivity contribution in [1.82, 2.24) is 5.32 Å². The Hall–Kier alpha value is -2.11. The van der Waals surface area contributed by atoms with Gasteiger partial charge in [-0.25, -0.2) is 0 Å². The molecule has 122 valence electrons. The number of benzene rings is 1. The Kier molecular flexibility index (Phi) is 6.38. The van der Waals surface area contributed by atoms with E-state index in [0.29, 0.717) is 6.54 Å². The van der Waals surface area contributed by atoms with Gasteiger partial charge in [0.1, 0.15) is 0 Å². The van der Waals surface area contributed by atoms with Crippen LogP contribution in [0.3, 0.4) is 0 Å². The van der Waals surface area contributed by atoms with Gasteiger partial charge in [0.2, 0.25) is 6.54 Å². The molecule has 2 N–H and O–H groups in total. The molecule has 1 aliphatic rings. The maximum atomic E-state index is 12.3. The van der Waals surface area contributed by atoms with E-state index in [1.165, 1.54) is 0 Å². The quantitative estimate of drug-likeness (QED) is 0.639. The van der Waals surface area contributed by atoms with Gasteiger partial charge in [-0.2, -0.15) is 4.57 Å². The molecule has 1 amide bonds. The molecule has 0 spiro atoms. The first-order valence-electron chi connectivity index (χ1n) is 7.61. The molecule has 1 aromatic heterocycles. The smallest absolute Gasteiger partial charge is 0.290 e. The summed E-state index contributed by atoms with van der Waals surface area (Å²) in [5.41, 5.74) is 1.97. The molecular formula is C17H21ClN4O. The summed E-state index contributed by atoms with van der Waals surface area (Å²) >= 11 is 0. The minimum Gasteiger partial charge on any atom is -1.00 e. The van der Waals surface area contributed by atoms with Crippen LogP contribution in [0.15, 0.2) is 54.9 Å². The lowest BCUT2D eigenvalue weighted by Gasteiger charge is -2.31. The number of hydrogen-bond acceptors (Lipinski definition) is 3. The number of pyridine rings is 1. The maximum Gasteiger partial charge on any atom is 0.290 e. The molecule has 0 bridgehead atoms. The van der Waals surface area contributed by atoms with Gasteiger partial charge in [0.05, 0.1) is 11.4 Å². The van der Waals surface area contributed by atoms with Crippen molar-refractivity contribution in [2.24, 2.45) is 0 Å². The summed E-state index contributed by atoms with van der Waals surface area (Å²) in [5, 5.41) is 6.38. The zero-order valence-electron chi connectivity index (χ0n) is 12.9. The van der Waals surface area contributed by atoms with Crippen LogP contribution in [0.1, 0.15) is 0 Å².